The maximum absolute atomic E-state index is 12.7. The van der Waals surface area contributed by atoms with Gasteiger partial charge in [0.25, 0.3) is 0 Å². The number of phenols is 1. The first-order chi connectivity index (χ1) is 11.4. The van der Waals surface area contributed by atoms with Crippen molar-refractivity contribution < 1.29 is 19.8 Å². The van der Waals surface area contributed by atoms with Gasteiger partial charge in [0.1, 0.15) is 11.1 Å². The highest BCUT2D eigenvalue weighted by molar-refractivity contribution is 9.10. The molecule has 0 aromatic heterocycles. The smallest absolute Gasteiger partial charge is 0.337 e. The van der Waals surface area contributed by atoms with Gasteiger partial charge in [0, 0.05) is 10.0 Å². The summed E-state index contributed by atoms with van der Waals surface area (Å²) in [5.41, 5.74) is 0.938. The lowest BCUT2D eigenvalue weighted by Gasteiger charge is -2.26. The van der Waals surface area contributed by atoms with Crippen LogP contribution in [0.2, 0.25) is 0 Å². The molecule has 124 valence electrons. The molecule has 5 nitrogen and oxygen atoms in total. The van der Waals surface area contributed by atoms with Gasteiger partial charge >= 0.3 is 5.97 Å². The number of rotatable bonds is 3. The molecular formula is C17H14BrNO4S. The van der Waals surface area contributed by atoms with Crippen molar-refractivity contribution in [2.24, 2.45) is 0 Å². The standard InChI is InChI=1S/C17H14BrNO4S/c1-9-15(21)19(13-7-6-10(18)8-12(13)17(22)23)16(24-9)11-4-2-3-5-14(11)20/h2-9,16,20H,1H3,(H,22,23). The second-order valence-corrected chi connectivity index (χ2v) is 7.71. The Bertz CT molecular complexity index is 826. The number of carbonyl (C=O) groups excluding carboxylic acids is 1. The summed E-state index contributed by atoms with van der Waals surface area (Å²) < 4.78 is 0.620. The van der Waals surface area contributed by atoms with E-state index in [0.717, 1.165) is 0 Å². The fourth-order valence-electron chi connectivity index (χ4n) is 2.67. The van der Waals surface area contributed by atoms with Crippen molar-refractivity contribution in [2.75, 3.05) is 4.90 Å². The van der Waals surface area contributed by atoms with E-state index in [-0.39, 0.29) is 22.5 Å². The topological polar surface area (TPSA) is 77.8 Å². The van der Waals surface area contributed by atoms with Crippen LogP contribution in [0, 0.1) is 0 Å². The third kappa shape index (κ3) is 2.89. The van der Waals surface area contributed by atoms with Crippen molar-refractivity contribution >= 4 is 45.3 Å². The molecule has 1 heterocycles. The van der Waals surface area contributed by atoms with Gasteiger partial charge in [-0.2, -0.15) is 0 Å². The highest BCUT2D eigenvalue weighted by Crippen LogP contribution is 2.48. The normalized spacial score (nSPS) is 20.4. The van der Waals surface area contributed by atoms with E-state index in [2.05, 4.69) is 15.9 Å². The van der Waals surface area contributed by atoms with Gasteiger partial charge in [0.05, 0.1) is 16.5 Å². The quantitative estimate of drug-likeness (QED) is 0.802. The predicted octanol–water partition coefficient (Wildman–Crippen LogP) is 4.02. The largest absolute Gasteiger partial charge is 0.508 e. The first kappa shape index (κ1) is 16.9. The van der Waals surface area contributed by atoms with Crippen LogP contribution in [0.1, 0.15) is 28.2 Å². The van der Waals surface area contributed by atoms with E-state index in [0.29, 0.717) is 15.7 Å². The zero-order chi connectivity index (χ0) is 17.4. The number of benzene rings is 2. The number of halogens is 1. The second kappa shape index (κ2) is 6.49. The summed E-state index contributed by atoms with van der Waals surface area (Å²) >= 11 is 4.64. The molecule has 3 rings (SSSR count). The minimum absolute atomic E-state index is 0.0350. The van der Waals surface area contributed by atoms with E-state index in [1.807, 2.05) is 0 Å². The number of carboxylic acid groups (broad SMARTS) is 1. The molecular weight excluding hydrogens is 394 g/mol. The van der Waals surface area contributed by atoms with Crippen LogP contribution in [0.5, 0.6) is 5.75 Å². The molecule has 7 heteroatoms. The molecule has 2 atom stereocenters. The molecule has 1 amide bonds. The summed E-state index contributed by atoms with van der Waals surface area (Å²) in [4.78, 5) is 25.8. The van der Waals surface area contributed by atoms with Gasteiger partial charge in [-0.1, -0.05) is 34.1 Å². The Balaban J connectivity index is 2.15. The monoisotopic (exact) mass is 407 g/mol. The van der Waals surface area contributed by atoms with E-state index >= 15 is 0 Å². The third-order valence-electron chi connectivity index (χ3n) is 3.80. The highest BCUT2D eigenvalue weighted by Gasteiger charge is 2.41. The fourth-order valence-corrected chi connectivity index (χ4v) is 4.33. The van der Waals surface area contributed by atoms with Gasteiger partial charge in [-0.3, -0.25) is 9.69 Å². The Hall–Kier alpha value is -1.99. The molecule has 2 unspecified atom stereocenters. The minimum Gasteiger partial charge on any atom is -0.508 e. The number of aromatic carboxylic acids is 1. The number of amides is 1. The van der Waals surface area contributed by atoms with Crippen molar-refractivity contribution in [3.8, 4) is 5.75 Å². The van der Waals surface area contributed by atoms with Crippen molar-refractivity contribution in [2.45, 2.75) is 17.5 Å². The molecule has 0 radical (unpaired) electrons. The maximum atomic E-state index is 12.7. The minimum atomic E-state index is -1.11. The van der Waals surface area contributed by atoms with Crippen LogP contribution in [0.3, 0.4) is 0 Å². The molecule has 0 saturated carbocycles. The van der Waals surface area contributed by atoms with E-state index in [1.165, 1.54) is 22.7 Å². The summed E-state index contributed by atoms with van der Waals surface area (Å²) in [5, 5.41) is 18.8. The van der Waals surface area contributed by atoms with Crippen molar-refractivity contribution in [1.29, 1.82) is 0 Å². The molecule has 1 aliphatic heterocycles. The Kier molecular flexibility index (Phi) is 4.56. The van der Waals surface area contributed by atoms with Crippen LogP contribution in [0.15, 0.2) is 46.9 Å². The summed E-state index contributed by atoms with van der Waals surface area (Å²) in [6, 6.07) is 11.6. The van der Waals surface area contributed by atoms with E-state index < -0.39 is 11.3 Å². The van der Waals surface area contributed by atoms with Gasteiger partial charge in [0.15, 0.2) is 0 Å². The van der Waals surface area contributed by atoms with E-state index in [9.17, 15) is 19.8 Å². The average molecular weight is 408 g/mol. The summed E-state index contributed by atoms with van der Waals surface area (Å²) in [5.74, 6) is -1.21. The van der Waals surface area contributed by atoms with Crippen LogP contribution < -0.4 is 4.90 Å². The van der Waals surface area contributed by atoms with Crippen LogP contribution in [0.4, 0.5) is 5.69 Å². The van der Waals surface area contributed by atoms with E-state index in [4.69, 9.17) is 0 Å². The molecule has 24 heavy (non-hydrogen) atoms. The predicted molar refractivity (Wildman–Crippen MR) is 96.5 cm³/mol. The number of hydrogen-bond donors (Lipinski definition) is 2. The van der Waals surface area contributed by atoms with Gasteiger partial charge in [-0.15, -0.1) is 11.8 Å². The summed E-state index contributed by atoms with van der Waals surface area (Å²) in [6.07, 6.45) is 0. The van der Waals surface area contributed by atoms with Crippen LogP contribution in [-0.2, 0) is 4.79 Å². The Morgan fingerprint density at radius 1 is 1.25 bits per heavy atom. The first-order valence-corrected chi connectivity index (χ1v) is 8.93. The highest BCUT2D eigenvalue weighted by atomic mass is 79.9. The molecule has 2 aromatic carbocycles. The van der Waals surface area contributed by atoms with Crippen molar-refractivity contribution in [3.63, 3.8) is 0 Å². The van der Waals surface area contributed by atoms with Gasteiger partial charge in [-0.25, -0.2) is 4.79 Å². The van der Waals surface area contributed by atoms with Crippen molar-refractivity contribution in [3.05, 3.63) is 58.1 Å². The Labute approximate surface area is 151 Å². The van der Waals surface area contributed by atoms with Crippen LogP contribution >= 0.6 is 27.7 Å². The average Bonchev–Trinajstić information content (AvgIpc) is 2.83. The molecule has 1 saturated heterocycles. The molecule has 0 spiro atoms. The van der Waals surface area contributed by atoms with Gasteiger partial charge in [0.2, 0.25) is 5.91 Å². The first-order valence-electron chi connectivity index (χ1n) is 7.19. The number of thioether (sulfide) groups is 1. The zero-order valence-corrected chi connectivity index (χ0v) is 15.0. The Morgan fingerprint density at radius 2 is 1.96 bits per heavy atom. The van der Waals surface area contributed by atoms with Crippen LogP contribution in [-0.4, -0.2) is 27.3 Å². The second-order valence-electron chi connectivity index (χ2n) is 5.36. The Morgan fingerprint density at radius 3 is 2.62 bits per heavy atom. The zero-order valence-electron chi connectivity index (χ0n) is 12.6. The molecule has 0 bridgehead atoms. The van der Waals surface area contributed by atoms with E-state index in [1.54, 1.807) is 43.3 Å². The SMILES string of the molecule is CC1SC(c2ccccc2O)N(c2ccc(Br)cc2C(=O)O)C1=O. The number of aromatic hydroxyl groups is 1. The summed E-state index contributed by atoms with van der Waals surface area (Å²) in [7, 11) is 0. The number of carbonyl (C=O) groups is 2. The summed E-state index contributed by atoms with van der Waals surface area (Å²) in [6.45, 7) is 1.78. The van der Waals surface area contributed by atoms with Gasteiger partial charge in [-0.05, 0) is 31.2 Å². The number of hydrogen-bond acceptors (Lipinski definition) is 4. The lowest BCUT2D eigenvalue weighted by Crippen LogP contribution is -2.31. The number of anilines is 1. The molecule has 1 fully saturated rings. The third-order valence-corrected chi connectivity index (χ3v) is 5.63. The molecule has 2 aromatic rings. The fraction of sp³-hybridized carbons (Fsp3) is 0.176. The van der Waals surface area contributed by atoms with Crippen LogP contribution in [0.25, 0.3) is 0 Å². The number of nitrogens with zero attached hydrogens (tertiary/aromatic N) is 1. The molecule has 2 N–H and O–H groups in total. The lowest BCUT2D eigenvalue weighted by molar-refractivity contribution is -0.117. The molecule has 0 aliphatic carbocycles. The number of carboxylic acids is 1. The maximum Gasteiger partial charge on any atom is 0.337 e. The number of para-hydroxylation sites is 1. The molecule has 1 aliphatic rings. The van der Waals surface area contributed by atoms with Gasteiger partial charge < -0.3 is 10.2 Å². The lowest BCUT2D eigenvalue weighted by atomic mass is 10.1. The van der Waals surface area contributed by atoms with Crippen molar-refractivity contribution in [1.82, 2.24) is 0 Å². The number of phenolic OH excluding ortho intramolecular Hbond substituents is 1.